The average Bonchev–Trinajstić information content (AvgIpc) is 2.54. The van der Waals surface area contributed by atoms with Gasteiger partial charge in [-0.25, -0.2) is 4.79 Å². The van der Waals surface area contributed by atoms with Gasteiger partial charge in [0.05, 0.1) is 19.8 Å². The van der Waals surface area contributed by atoms with Crippen LogP contribution in [0.5, 0.6) is 17.2 Å². The van der Waals surface area contributed by atoms with Crippen LogP contribution >= 0.6 is 0 Å². The Kier molecular flexibility index (Phi) is 4.78. The standard InChI is InChI=1S/C17H16O5/c1-11-15(17(19)22-13-7-5-4-6-8-13)14(20-2)9-12(10-18)16(11)21-3/h4-10H,1-3H3. The van der Waals surface area contributed by atoms with Crippen molar-refractivity contribution in [3.63, 3.8) is 0 Å². The summed E-state index contributed by atoms with van der Waals surface area (Å²) in [4.78, 5) is 23.6. The average molecular weight is 300 g/mol. The Bertz CT molecular complexity index is 692. The van der Waals surface area contributed by atoms with Gasteiger partial charge in [-0.15, -0.1) is 0 Å². The molecule has 0 saturated carbocycles. The molecule has 2 aromatic rings. The number of benzene rings is 2. The lowest BCUT2D eigenvalue weighted by atomic mass is 10.0. The molecule has 0 spiro atoms. The lowest BCUT2D eigenvalue weighted by Gasteiger charge is -2.15. The monoisotopic (exact) mass is 300 g/mol. The van der Waals surface area contributed by atoms with Crippen molar-refractivity contribution in [2.75, 3.05) is 14.2 Å². The molecule has 0 aromatic heterocycles. The quantitative estimate of drug-likeness (QED) is 0.482. The molecule has 0 unspecified atom stereocenters. The first-order valence-electron chi connectivity index (χ1n) is 6.60. The molecule has 114 valence electrons. The number of esters is 1. The molecule has 22 heavy (non-hydrogen) atoms. The van der Waals surface area contributed by atoms with E-state index in [1.54, 1.807) is 31.2 Å². The molecule has 0 aliphatic carbocycles. The number of methoxy groups -OCH3 is 2. The number of aldehydes is 1. The van der Waals surface area contributed by atoms with Gasteiger partial charge in [-0.3, -0.25) is 4.79 Å². The van der Waals surface area contributed by atoms with Gasteiger partial charge in [0.1, 0.15) is 22.8 Å². The van der Waals surface area contributed by atoms with Crippen molar-refractivity contribution in [1.82, 2.24) is 0 Å². The van der Waals surface area contributed by atoms with Crippen LogP contribution < -0.4 is 14.2 Å². The number of rotatable bonds is 5. The number of carbonyl (C=O) groups excluding carboxylic acids is 2. The smallest absolute Gasteiger partial charge is 0.347 e. The van der Waals surface area contributed by atoms with E-state index in [0.717, 1.165) is 0 Å². The highest BCUT2D eigenvalue weighted by molar-refractivity contribution is 5.98. The van der Waals surface area contributed by atoms with Gasteiger partial charge < -0.3 is 14.2 Å². The largest absolute Gasteiger partial charge is 0.496 e. The van der Waals surface area contributed by atoms with Crippen LogP contribution in [0.3, 0.4) is 0 Å². The summed E-state index contributed by atoms with van der Waals surface area (Å²) < 4.78 is 15.8. The van der Waals surface area contributed by atoms with E-state index in [1.807, 2.05) is 6.07 Å². The molecule has 0 saturated heterocycles. The van der Waals surface area contributed by atoms with Crippen molar-refractivity contribution in [2.45, 2.75) is 6.92 Å². The summed E-state index contributed by atoms with van der Waals surface area (Å²) in [7, 11) is 2.86. The maximum atomic E-state index is 12.4. The molecule has 0 bridgehead atoms. The number of hydrogen-bond donors (Lipinski definition) is 0. The SMILES string of the molecule is COc1cc(C=O)c(OC)c(C)c1C(=O)Oc1ccccc1. The molecule has 2 aromatic carbocycles. The highest BCUT2D eigenvalue weighted by atomic mass is 16.5. The van der Waals surface area contributed by atoms with Gasteiger partial charge in [-0.2, -0.15) is 0 Å². The first-order valence-corrected chi connectivity index (χ1v) is 6.60. The third-order valence-corrected chi connectivity index (χ3v) is 3.22. The van der Waals surface area contributed by atoms with E-state index >= 15 is 0 Å². The van der Waals surface area contributed by atoms with E-state index in [9.17, 15) is 9.59 Å². The highest BCUT2D eigenvalue weighted by Gasteiger charge is 2.23. The Balaban J connectivity index is 2.49. The fraction of sp³-hybridized carbons (Fsp3) is 0.176. The second-order valence-corrected chi connectivity index (χ2v) is 4.52. The Labute approximate surface area is 128 Å². The van der Waals surface area contributed by atoms with E-state index in [0.29, 0.717) is 28.9 Å². The minimum absolute atomic E-state index is 0.230. The van der Waals surface area contributed by atoms with Crippen LogP contribution in [0.25, 0.3) is 0 Å². The van der Waals surface area contributed by atoms with Crippen LogP contribution in [-0.4, -0.2) is 26.5 Å². The lowest BCUT2D eigenvalue weighted by molar-refractivity contribution is 0.0729. The summed E-state index contributed by atoms with van der Waals surface area (Å²) in [6.07, 6.45) is 0.653. The number of carbonyl (C=O) groups is 2. The normalized spacial score (nSPS) is 9.95. The lowest BCUT2D eigenvalue weighted by Crippen LogP contribution is -2.13. The third-order valence-electron chi connectivity index (χ3n) is 3.22. The molecular weight excluding hydrogens is 284 g/mol. The molecule has 0 fully saturated rings. The van der Waals surface area contributed by atoms with Crippen molar-refractivity contribution in [3.8, 4) is 17.2 Å². The Morgan fingerprint density at radius 2 is 1.77 bits per heavy atom. The first-order chi connectivity index (χ1) is 10.6. The van der Waals surface area contributed by atoms with Crippen molar-refractivity contribution < 1.29 is 23.8 Å². The first kappa shape index (κ1) is 15.6. The van der Waals surface area contributed by atoms with Gasteiger partial charge in [-0.1, -0.05) is 18.2 Å². The molecule has 5 nitrogen and oxygen atoms in total. The van der Waals surface area contributed by atoms with Gasteiger partial charge in [0.2, 0.25) is 0 Å². The van der Waals surface area contributed by atoms with Crippen molar-refractivity contribution in [2.24, 2.45) is 0 Å². The van der Waals surface area contributed by atoms with E-state index in [4.69, 9.17) is 14.2 Å². The Hall–Kier alpha value is -2.82. The number of hydrogen-bond acceptors (Lipinski definition) is 5. The highest BCUT2D eigenvalue weighted by Crippen LogP contribution is 2.33. The number of para-hydroxylation sites is 1. The van der Waals surface area contributed by atoms with E-state index in [2.05, 4.69) is 0 Å². The van der Waals surface area contributed by atoms with Crippen LogP contribution in [0.2, 0.25) is 0 Å². The summed E-state index contributed by atoms with van der Waals surface area (Å²) in [6.45, 7) is 1.68. The minimum atomic E-state index is -0.573. The summed E-state index contributed by atoms with van der Waals surface area (Å²) >= 11 is 0. The maximum Gasteiger partial charge on any atom is 0.347 e. The summed E-state index contributed by atoms with van der Waals surface area (Å²) in [6, 6.07) is 10.2. The van der Waals surface area contributed by atoms with Crippen LogP contribution in [0.15, 0.2) is 36.4 Å². The van der Waals surface area contributed by atoms with Crippen molar-refractivity contribution >= 4 is 12.3 Å². The molecule has 0 heterocycles. The van der Waals surface area contributed by atoms with Gasteiger partial charge in [0, 0.05) is 5.56 Å². The third kappa shape index (κ3) is 2.93. The fourth-order valence-electron chi connectivity index (χ4n) is 2.21. The molecule has 0 aliphatic heterocycles. The Morgan fingerprint density at radius 3 is 2.32 bits per heavy atom. The Morgan fingerprint density at radius 1 is 1.09 bits per heavy atom. The van der Waals surface area contributed by atoms with Crippen LogP contribution in [-0.2, 0) is 0 Å². The zero-order chi connectivity index (χ0) is 16.1. The summed E-state index contributed by atoms with van der Waals surface area (Å²) in [5.74, 6) is 0.445. The summed E-state index contributed by atoms with van der Waals surface area (Å²) in [5, 5.41) is 0. The molecule has 0 amide bonds. The maximum absolute atomic E-state index is 12.4. The molecule has 0 radical (unpaired) electrons. The van der Waals surface area contributed by atoms with Gasteiger partial charge in [0.15, 0.2) is 6.29 Å². The predicted octanol–water partition coefficient (Wildman–Crippen LogP) is 3.04. The fourth-order valence-corrected chi connectivity index (χ4v) is 2.21. The van der Waals surface area contributed by atoms with Crippen LogP contribution in [0, 0.1) is 6.92 Å². The molecule has 0 aliphatic rings. The number of ether oxygens (including phenoxy) is 3. The van der Waals surface area contributed by atoms with Gasteiger partial charge in [-0.05, 0) is 25.1 Å². The van der Waals surface area contributed by atoms with E-state index in [1.165, 1.54) is 20.3 Å². The van der Waals surface area contributed by atoms with Crippen LogP contribution in [0.1, 0.15) is 26.3 Å². The van der Waals surface area contributed by atoms with Crippen molar-refractivity contribution in [3.05, 3.63) is 53.1 Å². The zero-order valence-corrected chi connectivity index (χ0v) is 12.6. The zero-order valence-electron chi connectivity index (χ0n) is 12.6. The topological polar surface area (TPSA) is 61.8 Å². The predicted molar refractivity (Wildman–Crippen MR) is 81.1 cm³/mol. The van der Waals surface area contributed by atoms with E-state index < -0.39 is 5.97 Å². The molecular formula is C17H16O5. The van der Waals surface area contributed by atoms with Crippen LogP contribution in [0.4, 0.5) is 0 Å². The molecule has 0 atom stereocenters. The van der Waals surface area contributed by atoms with Crippen molar-refractivity contribution in [1.29, 1.82) is 0 Å². The second-order valence-electron chi connectivity index (χ2n) is 4.52. The summed E-state index contributed by atoms with van der Waals surface area (Å²) in [5.41, 5.74) is 1.03. The second kappa shape index (κ2) is 6.76. The van der Waals surface area contributed by atoms with Gasteiger partial charge in [0.25, 0.3) is 0 Å². The van der Waals surface area contributed by atoms with E-state index in [-0.39, 0.29) is 11.3 Å². The minimum Gasteiger partial charge on any atom is -0.496 e. The van der Waals surface area contributed by atoms with Gasteiger partial charge >= 0.3 is 5.97 Å². The molecule has 5 heteroatoms. The molecule has 2 rings (SSSR count). The molecule has 0 N–H and O–H groups in total.